The van der Waals surface area contributed by atoms with E-state index in [9.17, 15) is 9.59 Å². The highest BCUT2D eigenvalue weighted by molar-refractivity contribution is 6.03. The van der Waals surface area contributed by atoms with Crippen LogP contribution >= 0.6 is 0 Å². The van der Waals surface area contributed by atoms with Crippen molar-refractivity contribution in [3.63, 3.8) is 0 Å². The molecular formula is C26H28N2O4. The van der Waals surface area contributed by atoms with Gasteiger partial charge in [0.1, 0.15) is 11.5 Å². The molecule has 0 aliphatic carbocycles. The topological polar surface area (TPSA) is 76.7 Å². The number of hydrogen-bond acceptors (Lipinski definition) is 4. The zero-order valence-corrected chi connectivity index (χ0v) is 18.2. The Balaban J connectivity index is 1.43. The molecule has 3 rings (SSSR count). The summed E-state index contributed by atoms with van der Waals surface area (Å²) in [6.07, 6.45) is 1.60. The lowest BCUT2D eigenvalue weighted by atomic mass is 10.1. The average Bonchev–Trinajstić information content (AvgIpc) is 2.83. The van der Waals surface area contributed by atoms with Gasteiger partial charge in [-0.05, 0) is 54.8 Å². The molecule has 0 aromatic heterocycles. The second-order valence-electron chi connectivity index (χ2n) is 7.21. The Kier molecular flexibility index (Phi) is 8.69. The van der Waals surface area contributed by atoms with Gasteiger partial charge in [-0.2, -0.15) is 0 Å². The SMILES string of the molecule is COc1ccc(OCCCC(=O)Nc2ccccc2C(=O)NCCc2ccccc2)cc1. The number of amides is 2. The van der Waals surface area contributed by atoms with Gasteiger partial charge in [-0.1, -0.05) is 42.5 Å². The van der Waals surface area contributed by atoms with E-state index in [1.165, 1.54) is 0 Å². The van der Waals surface area contributed by atoms with E-state index in [-0.39, 0.29) is 11.8 Å². The van der Waals surface area contributed by atoms with Crippen LogP contribution in [-0.4, -0.2) is 32.1 Å². The first-order valence-electron chi connectivity index (χ1n) is 10.6. The van der Waals surface area contributed by atoms with Crippen molar-refractivity contribution in [2.45, 2.75) is 19.3 Å². The normalized spacial score (nSPS) is 10.3. The largest absolute Gasteiger partial charge is 0.497 e. The average molecular weight is 433 g/mol. The molecule has 0 atom stereocenters. The van der Waals surface area contributed by atoms with Gasteiger partial charge in [0, 0.05) is 13.0 Å². The van der Waals surface area contributed by atoms with Crippen LogP contribution in [0.1, 0.15) is 28.8 Å². The highest BCUT2D eigenvalue weighted by Crippen LogP contribution is 2.18. The minimum Gasteiger partial charge on any atom is -0.497 e. The Morgan fingerprint density at radius 1 is 0.844 bits per heavy atom. The van der Waals surface area contributed by atoms with Gasteiger partial charge < -0.3 is 20.1 Å². The summed E-state index contributed by atoms with van der Waals surface area (Å²) in [4.78, 5) is 25.0. The third kappa shape index (κ3) is 7.16. The van der Waals surface area contributed by atoms with E-state index in [1.54, 1.807) is 31.4 Å². The van der Waals surface area contributed by atoms with Gasteiger partial charge in [-0.3, -0.25) is 9.59 Å². The predicted octanol–water partition coefficient (Wildman–Crippen LogP) is 4.47. The fourth-order valence-corrected chi connectivity index (χ4v) is 3.16. The summed E-state index contributed by atoms with van der Waals surface area (Å²) in [5, 5.41) is 5.76. The van der Waals surface area contributed by atoms with Gasteiger partial charge in [0.05, 0.1) is 25.0 Å². The Morgan fingerprint density at radius 2 is 1.53 bits per heavy atom. The summed E-state index contributed by atoms with van der Waals surface area (Å²) in [5.41, 5.74) is 2.11. The monoisotopic (exact) mass is 432 g/mol. The number of rotatable bonds is 11. The molecule has 3 aromatic carbocycles. The maximum atomic E-state index is 12.6. The quantitative estimate of drug-likeness (QED) is 0.439. The van der Waals surface area contributed by atoms with Gasteiger partial charge in [0.2, 0.25) is 5.91 Å². The summed E-state index contributed by atoms with van der Waals surface area (Å²) in [6.45, 7) is 0.940. The Bertz CT molecular complexity index is 1000. The highest BCUT2D eigenvalue weighted by atomic mass is 16.5. The molecule has 0 saturated heterocycles. The zero-order chi connectivity index (χ0) is 22.6. The molecule has 0 aliphatic heterocycles. The van der Waals surface area contributed by atoms with Crippen molar-refractivity contribution in [2.24, 2.45) is 0 Å². The van der Waals surface area contributed by atoms with Crippen molar-refractivity contribution < 1.29 is 19.1 Å². The lowest BCUT2D eigenvalue weighted by Gasteiger charge is -2.12. The standard InChI is InChI=1S/C26H28N2O4/c1-31-21-13-15-22(16-14-21)32-19-7-12-25(29)28-24-11-6-5-10-23(24)26(30)27-18-17-20-8-3-2-4-9-20/h2-6,8-11,13-16H,7,12,17-19H2,1H3,(H,27,30)(H,28,29). The van der Waals surface area contributed by atoms with Gasteiger partial charge in [0.15, 0.2) is 0 Å². The molecule has 0 fully saturated rings. The molecule has 0 aliphatic rings. The van der Waals surface area contributed by atoms with Crippen LogP contribution in [0.5, 0.6) is 11.5 Å². The van der Waals surface area contributed by atoms with Gasteiger partial charge in [-0.25, -0.2) is 0 Å². The third-order valence-electron chi connectivity index (χ3n) is 4.86. The van der Waals surface area contributed by atoms with Crippen LogP contribution in [0.2, 0.25) is 0 Å². The molecule has 0 saturated carbocycles. The summed E-state index contributed by atoms with van der Waals surface area (Å²) in [6, 6.07) is 24.3. The van der Waals surface area contributed by atoms with Crippen LogP contribution < -0.4 is 20.1 Å². The van der Waals surface area contributed by atoms with Crippen LogP contribution in [0.25, 0.3) is 0 Å². The van der Waals surface area contributed by atoms with E-state index in [2.05, 4.69) is 10.6 Å². The van der Waals surface area contributed by atoms with Gasteiger partial charge >= 0.3 is 0 Å². The number of carbonyl (C=O) groups excluding carboxylic acids is 2. The van der Waals surface area contributed by atoms with Crippen molar-refractivity contribution >= 4 is 17.5 Å². The van der Waals surface area contributed by atoms with E-state index >= 15 is 0 Å². The Morgan fingerprint density at radius 3 is 2.28 bits per heavy atom. The maximum Gasteiger partial charge on any atom is 0.253 e. The molecule has 166 valence electrons. The number of carbonyl (C=O) groups is 2. The number of ether oxygens (including phenoxy) is 2. The number of anilines is 1. The first kappa shape index (κ1) is 22.9. The van der Waals surface area contributed by atoms with Crippen LogP contribution in [-0.2, 0) is 11.2 Å². The van der Waals surface area contributed by atoms with Crippen molar-refractivity contribution in [1.82, 2.24) is 5.32 Å². The van der Waals surface area contributed by atoms with Crippen molar-refractivity contribution in [3.8, 4) is 11.5 Å². The maximum absolute atomic E-state index is 12.6. The fourth-order valence-electron chi connectivity index (χ4n) is 3.16. The molecule has 0 unspecified atom stereocenters. The number of hydrogen-bond donors (Lipinski definition) is 2. The number of nitrogens with one attached hydrogen (secondary N) is 2. The molecule has 32 heavy (non-hydrogen) atoms. The van der Waals surface area contributed by atoms with Crippen LogP contribution in [0.15, 0.2) is 78.9 Å². The lowest BCUT2D eigenvalue weighted by Crippen LogP contribution is -2.27. The minimum absolute atomic E-state index is 0.159. The number of benzene rings is 3. The fraction of sp³-hybridized carbons (Fsp3) is 0.231. The van der Waals surface area contributed by atoms with E-state index in [1.807, 2.05) is 54.6 Å². The molecule has 6 nitrogen and oxygen atoms in total. The summed E-state index contributed by atoms with van der Waals surface area (Å²) in [5.74, 6) is 1.12. The first-order valence-corrected chi connectivity index (χ1v) is 10.6. The van der Waals surface area contributed by atoms with E-state index in [0.29, 0.717) is 37.2 Å². The van der Waals surface area contributed by atoms with E-state index < -0.39 is 0 Å². The van der Waals surface area contributed by atoms with Gasteiger partial charge in [0.25, 0.3) is 5.91 Å². The molecule has 2 N–H and O–H groups in total. The van der Waals surface area contributed by atoms with Crippen molar-refractivity contribution in [3.05, 3.63) is 90.0 Å². The molecule has 0 bridgehead atoms. The predicted molar refractivity (Wildman–Crippen MR) is 125 cm³/mol. The van der Waals surface area contributed by atoms with Crippen LogP contribution in [0.3, 0.4) is 0 Å². The molecule has 2 amide bonds. The lowest BCUT2D eigenvalue weighted by molar-refractivity contribution is -0.116. The van der Waals surface area contributed by atoms with Crippen molar-refractivity contribution in [1.29, 1.82) is 0 Å². The molecule has 0 heterocycles. The van der Waals surface area contributed by atoms with Crippen LogP contribution in [0, 0.1) is 0 Å². The second kappa shape index (κ2) is 12.2. The number of para-hydroxylation sites is 1. The van der Waals surface area contributed by atoms with Crippen LogP contribution in [0.4, 0.5) is 5.69 Å². The Hall–Kier alpha value is -3.80. The zero-order valence-electron chi connectivity index (χ0n) is 18.2. The molecule has 0 radical (unpaired) electrons. The van der Waals surface area contributed by atoms with Gasteiger partial charge in [-0.15, -0.1) is 0 Å². The molecule has 0 spiro atoms. The smallest absolute Gasteiger partial charge is 0.253 e. The molecular weight excluding hydrogens is 404 g/mol. The van der Waals surface area contributed by atoms with E-state index in [0.717, 1.165) is 23.5 Å². The second-order valence-corrected chi connectivity index (χ2v) is 7.21. The molecule has 6 heteroatoms. The van der Waals surface area contributed by atoms with E-state index in [4.69, 9.17) is 9.47 Å². The minimum atomic E-state index is -0.209. The Labute approximate surface area is 188 Å². The first-order chi connectivity index (χ1) is 15.7. The summed E-state index contributed by atoms with van der Waals surface area (Å²) >= 11 is 0. The highest BCUT2D eigenvalue weighted by Gasteiger charge is 2.12. The molecule has 3 aromatic rings. The third-order valence-corrected chi connectivity index (χ3v) is 4.86. The summed E-state index contributed by atoms with van der Waals surface area (Å²) in [7, 11) is 1.61. The van der Waals surface area contributed by atoms with Crippen molar-refractivity contribution in [2.75, 3.05) is 25.6 Å². The summed E-state index contributed by atoms with van der Waals surface area (Å²) < 4.78 is 10.8. The number of methoxy groups -OCH3 is 1.